The van der Waals surface area contributed by atoms with Crippen LogP contribution >= 0.6 is 0 Å². The molecule has 2 heterocycles. The minimum atomic E-state index is 0.643. The van der Waals surface area contributed by atoms with Crippen molar-refractivity contribution in [2.75, 3.05) is 5.73 Å². The molecule has 3 rings (SSSR count). The molecule has 2 N–H and O–H groups in total. The van der Waals surface area contributed by atoms with E-state index in [4.69, 9.17) is 5.73 Å². The van der Waals surface area contributed by atoms with E-state index in [1.54, 1.807) is 22.8 Å². The van der Waals surface area contributed by atoms with Gasteiger partial charge in [0, 0.05) is 12.4 Å². The van der Waals surface area contributed by atoms with Crippen LogP contribution < -0.4 is 5.73 Å². The Morgan fingerprint density at radius 2 is 2.00 bits per heavy atom. The first kappa shape index (κ1) is 15.7. The zero-order valence-electron chi connectivity index (χ0n) is 13.6. The lowest BCUT2D eigenvalue weighted by molar-refractivity contribution is 0.673. The lowest BCUT2D eigenvalue weighted by Gasteiger charge is -2.09. The van der Waals surface area contributed by atoms with Gasteiger partial charge in [0.25, 0.3) is 0 Å². The maximum Gasteiger partial charge on any atom is 0.179 e. The molecular weight excluding hydrogens is 286 g/mol. The molecule has 1 aliphatic rings. The molecule has 0 amide bonds. The Hall–Kier alpha value is -2.17. The van der Waals surface area contributed by atoms with Crippen molar-refractivity contribution in [2.24, 2.45) is 0 Å². The van der Waals surface area contributed by atoms with Gasteiger partial charge in [-0.1, -0.05) is 18.1 Å². The molecule has 2 aromatic rings. The zero-order chi connectivity index (χ0) is 15.9. The average Bonchev–Trinajstić information content (AvgIpc) is 2.97. The molecule has 0 aromatic carbocycles. The van der Waals surface area contributed by atoms with E-state index in [9.17, 15) is 0 Å². The number of anilines is 1. The largest absolute Gasteiger partial charge is 0.394 e. The number of aryl methyl sites for hydroxylation is 1. The van der Waals surface area contributed by atoms with Gasteiger partial charge in [-0.05, 0) is 57.4 Å². The van der Waals surface area contributed by atoms with E-state index in [0.717, 1.165) is 18.5 Å². The van der Waals surface area contributed by atoms with Crippen LogP contribution in [0.2, 0.25) is 0 Å². The highest BCUT2D eigenvalue weighted by molar-refractivity contribution is 5.55. The van der Waals surface area contributed by atoms with Crippen molar-refractivity contribution in [3.05, 3.63) is 42.1 Å². The van der Waals surface area contributed by atoms with Gasteiger partial charge in [-0.15, -0.1) is 0 Å². The molecule has 1 aliphatic carbocycles. The molecule has 0 bridgehead atoms. The van der Waals surface area contributed by atoms with Crippen LogP contribution in [-0.2, 0) is 6.42 Å². The summed E-state index contributed by atoms with van der Waals surface area (Å²) in [5, 5.41) is 4.19. The summed E-state index contributed by atoms with van der Waals surface area (Å²) in [6.07, 6.45) is 18.7. The van der Waals surface area contributed by atoms with Crippen LogP contribution in [0, 0.1) is 0 Å². The summed E-state index contributed by atoms with van der Waals surface area (Å²) in [6, 6.07) is 1.86. The van der Waals surface area contributed by atoms with Crippen LogP contribution in [0.15, 0.2) is 36.4 Å². The molecule has 0 saturated heterocycles. The third-order valence-electron chi connectivity index (χ3n) is 4.46. The van der Waals surface area contributed by atoms with Gasteiger partial charge in [0.1, 0.15) is 6.33 Å². The van der Waals surface area contributed by atoms with Crippen molar-refractivity contribution in [3.8, 4) is 5.82 Å². The summed E-state index contributed by atoms with van der Waals surface area (Å²) in [6.45, 7) is 0. The molecule has 0 aliphatic heterocycles. The van der Waals surface area contributed by atoms with Crippen LogP contribution in [0.25, 0.3) is 5.82 Å². The van der Waals surface area contributed by atoms with Crippen molar-refractivity contribution < 1.29 is 0 Å². The van der Waals surface area contributed by atoms with Gasteiger partial charge in [0.15, 0.2) is 5.82 Å². The van der Waals surface area contributed by atoms with E-state index in [0.29, 0.717) is 11.5 Å². The highest BCUT2D eigenvalue weighted by Crippen LogP contribution is 2.23. The SMILES string of the molecule is Nc1c(CCCCC2=CCCCCC2)ncnc1-n1cccn1. The number of nitrogens with zero attached hydrogens (tertiary/aromatic N) is 4. The van der Waals surface area contributed by atoms with E-state index >= 15 is 0 Å². The molecule has 2 aromatic heterocycles. The standard InChI is InChI=1S/C18H25N5/c19-17-16(20-14-21-18(17)23-13-7-12-22-23)11-6-5-10-15-8-3-1-2-4-9-15/h7-8,12-14H,1-6,9-11,19H2. The van der Waals surface area contributed by atoms with Crippen molar-refractivity contribution in [1.82, 2.24) is 19.7 Å². The summed E-state index contributed by atoms with van der Waals surface area (Å²) in [5.74, 6) is 0.673. The van der Waals surface area contributed by atoms with E-state index in [-0.39, 0.29) is 0 Å². The van der Waals surface area contributed by atoms with Crippen molar-refractivity contribution in [1.29, 1.82) is 0 Å². The van der Waals surface area contributed by atoms with Gasteiger partial charge >= 0.3 is 0 Å². The van der Waals surface area contributed by atoms with Crippen LogP contribution in [0.1, 0.15) is 57.1 Å². The number of nitrogen functional groups attached to an aromatic ring is 1. The van der Waals surface area contributed by atoms with Gasteiger partial charge in [-0.3, -0.25) is 0 Å². The minimum absolute atomic E-state index is 0.643. The Labute approximate surface area is 137 Å². The normalized spacial score (nSPS) is 15.2. The number of allylic oxidation sites excluding steroid dienone is 2. The number of unbranched alkanes of at least 4 members (excludes halogenated alkanes) is 1. The minimum Gasteiger partial charge on any atom is -0.394 e. The molecule has 0 radical (unpaired) electrons. The van der Waals surface area contributed by atoms with Crippen LogP contribution in [0.5, 0.6) is 0 Å². The third kappa shape index (κ3) is 4.18. The summed E-state index contributed by atoms with van der Waals surface area (Å²) in [5.41, 5.74) is 9.45. The van der Waals surface area contributed by atoms with Crippen LogP contribution in [0.4, 0.5) is 5.69 Å². The first-order chi connectivity index (χ1) is 11.3. The number of hydrogen-bond donors (Lipinski definition) is 1. The molecule has 0 saturated carbocycles. The molecule has 5 heteroatoms. The van der Waals surface area contributed by atoms with E-state index < -0.39 is 0 Å². The fourth-order valence-electron chi connectivity index (χ4n) is 3.15. The lowest BCUT2D eigenvalue weighted by Crippen LogP contribution is -2.08. The molecule has 122 valence electrons. The molecule has 0 atom stereocenters. The zero-order valence-corrected chi connectivity index (χ0v) is 13.6. The highest BCUT2D eigenvalue weighted by atomic mass is 15.3. The van der Waals surface area contributed by atoms with Crippen LogP contribution in [-0.4, -0.2) is 19.7 Å². The van der Waals surface area contributed by atoms with Crippen LogP contribution in [0.3, 0.4) is 0 Å². The maximum atomic E-state index is 6.22. The average molecular weight is 311 g/mol. The van der Waals surface area contributed by atoms with E-state index in [1.807, 2.05) is 12.3 Å². The van der Waals surface area contributed by atoms with Gasteiger partial charge in [-0.2, -0.15) is 5.10 Å². The Morgan fingerprint density at radius 1 is 1.09 bits per heavy atom. The fraction of sp³-hybridized carbons (Fsp3) is 0.500. The van der Waals surface area contributed by atoms with Gasteiger partial charge in [0.2, 0.25) is 0 Å². The summed E-state index contributed by atoms with van der Waals surface area (Å²) in [4.78, 5) is 8.61. The number of rotatable bonds is 6. The second kappa shape index (κ2) is 7.90. The summed E-state index contributed by atoms with van der Waals surface area (Å²) in [7, 11) is 0. The Morgan fingerprint density at radius 3 is 2.87 bits per heavy atom. The molecule has 0 fully saturated rings. The summed E-state index contributed by atoms with van der Waals surface area (Å²) < 4.78 is 1.69. The number of aromatic nitrogens is 4. The Kier molecular flexibility index (Phi) is 5.40. The van der Waals surface area contributed by atoms with Gasteiger partial charge < -0.3 is 5.73 Å². The molecule has 0 unspecified atom stereocenters. The second-order valence-corrected chi connectivity index (χ2v) is 6.18. The predicted molar refractivity (Wildman–Crippen MR) is 92.3 cm³/mol. The van der Waals surface area contributed by atoms with Gasteiger partial charge in [0.05, 0.1) is 11.4 Å². The molecule has 5 nitrogen and oxygen atoms in total. The van der Waals surface area contributed by atoms with E-state index in [1.165, 1.54) is 44.9 Å². The smallest absolute Gasteiger partial charge is 0.179 e. The fourth-order valence-corrected chi connectivity index (χ4v) is 3.15. The number of hydrogen-bond acceptors (Lipinski definition) is 4. The van der Waals surface area contributed by atoms with Crippen molar-refractivity contribution in [3.63, 3.8) is 0 Å². The molecule has 0 spiro atoms. The molecular formula is C18H25N5. The first-order valence-corrected chi connectivity index (χ1v) is 8.62. The van der Waals surface area contributed by atoms with Crippen molar-refractivity contribution >= 4 is 5.69 Å². The Balaban J connectivity index is 1.54. The lowest BCUT2D eigenvalue weighted by atomic mass is 10.0. The maximum absolute atomic E-state index is 6.22. The third-order valence-corrected chi connectivity index (χ3v) is 4.46. The number of nitrogens with two attached hydrogens (primary N) is 1. The molecule has 23 heavy (non-hydrogen) atoms. The van der Waals surface area contributed by atoms with E-state index in [2.05, 4.69) is 21.1 Å². The topological polar surface area (TPSA) is 69.6 Å². The monoisotopic (exact) mass is 311 g/mol. The van der Waals surface area contributed by atoms with Crippen molar-refractivity contribution in [2.45, 2.75) is 57.8 Å². The Bertz CT molecular complexity index is 645. The van der Waals surface area contributed by atoms with Gasteiger partial charge in [-0.25, -0.2) is 14.6 Å². The second-order valence-electron chi connectivity index (χ2n) is 6.18. The quantitative estimate of drug-likeness (QED) is 0.650. The highest BCUT2D eigenvalue weighted by Gasteiger charge is 2.10. The first-order valence-electron chi connectivity index (χ1n) is 8.62. The predicted octanol–water partition coefficient (Wildman–Crippen LogP) is 3.85. The summed E-state index contributed by atoms with van der Waals surface area (Å²) >= 11 is 0.